The van der Waals surface area contributed by atoms with Crippen LogP contribution in [0.1, 0.15) is 18.4 Å². The summed E-state index contributed by atoms with van der Waals surface area (Å²) in [5, 5.41) is 7.03. The van der Waals surface area contributed by atoms with E-state index in [-0.39, 0.29) is 0 Å². The van der Waals surface area contributed by atoms with E-state index in [1.54, 1.807) is 0 Å². The van der Waals surface area contributed by atoms with E-state index in [4.69, 9.17) is 0 Å². The fourth-order valence-corrected chi connectivity index (χ4v) is 2.55. The third kappa shape index (κ3) is 3.35. The SMILES string of the molecule is c1cc(Cn2ccnc2)cc(NC2CCNCC2)c1. The Morgan fingerprint density at radius 1 is 1.32 bits per heavy atom. The first-order chi connectivity index (χ1) is 9.40. The smallest absolute Gasteiger partial charge is 0.0949 e. The Labute approximate surface area is 113 Å². The number of imidazole rings is 1. The van der Waals surface area contributed by atoms with Crippen molar-refractivity contribution >= 4 is 5.69 Å². The average molecular weight is 256 g/mol. The maximum Gasteiger partial charge on any atom is 0.0949 e. The zero-order valence-electron chi connectivity index (χ0n) is 11.0. The Kier molecular flexibility index (Phi) is 3.79. The zero-order valence-corrected chi connectivity index (χ0v) is 11.0. The molecule has 2 aromatic rings. The number of piperidine rings is 1. The Bertz CT molecular complexity index is 501. The van der Waals surface area contributed by atoms with Crippen LogP contribution in [0.3, 0.4) is 0 Å². The molecule has 0 bridgehead atoms. The van der Waals surface area contributed by atoms with E-state index < -0.39 is 0 Å². The predicted octanol–water partition coefficient (Wildman–Crippen LogP) is 2.10. The molecule has 4 heteroatoms. The van der Waals surface area contributed by atoms with E-state index in [9.17, 15) is 0 Å². The molecule has 3 rings (SSSR count). The lowest BCUT2D eigenvalue weighted by atomic mass is 10.1. The molecule has 0 aliphatic carbocycles. The molecule has 4 nitrogen and oxygen atoms in total. The normalized spacial score (nSPS) is 16.4. The molecule has 2 heterocycles. The number of rotatable bonds is 4. The van der Waals surface area contributed by atoms with Crippen LogP contribution >= 0.6 is 0 Å². The van der Waals surface area contributed by atoms with E-state index in [1.165, 1.54) is 24.1 Å². The number of aromatic nitrogens is 2. The molecule has 100 valence electrons. The highest BCUT2D eigenvalue weighted by molar-refractivity contribution is 5.46. The van der Waals surface area contributed by atoms with Crippen molar-refractivity contribution in [1.29, 1.82) is 0 Å². The lowest BCUT2D eigenvalue weighted by molar-refractivity contribution is 0.479. The van der Waals surface area contributed by atoms with Crippen molar-refractivity contribution in [3.63, 3.8) is 0 Å². The summed E-state index contributed by atoms with van der Waals surface area (Å²) in [4.78, 5) is 4.07. The quantitative estimate of drug-likeness (QED) is 0.880. The topological polar surface area (TPSA) is 41.9 Å². The van der Waals surface area contributed by atoms with E-state index in [0.717, 1.165) is 19.6 Å². The standard InChI is InChI=1S/C15H20N4/c1-2-13(11-19-9-8-17-12-19)10-15(3-1)18-14-4-6-16-7-5-14/h1-3,8-10,12,14,16,18H,4-7,11H2. The lowest BCUT2D eigenvalue weighted by Crippen LogP contribution is -2.35. The van der Waals surface area contributed by atoms with E-state index >= 15 is 0 Å². The lowest BCUT2D eigenvalue weighted by Gasteiger charge is -2.24. The molecule has 1 aliphatic heterocycles. The number of benzene rings is 1. The van der Waals surface area contributed by atoms with Crippen molar-refractivity contribution in [2.24, 2.45) is 0 Å². The summed E-state index contributed by atoms with van der Waals surface area (Å²) in [6.07, 6.45) is 8.06. The molecule has 0 saturated carbocycles. The second-order valence-electron chi connectivity index (χ2n) is 5.10. The summed E-state index contributed by atoms with van der Waals surface area (Å²) in [6, 6.07) is 9.27. The Balaban J connectivity index is 1.65. The molecular formula is C15H20N4. The van der Waals surface area contributed by atoms with Crippen molar-refractivity contribution in [1.82, 2.24) is 14.9 Å². The van der Waals surface area contributed by atoms with Gasteiger partial charge in [0, 0.05) is 30.7 Å². The van der Waals surface area contributed by atoms with Gasteiger partial charge in [-0.05, 0) is 43.6 Å². The predicted molar refractivity (Wildman–Crippen MR) is 77.3 cm³/mol. The summed E-state index contributed by atoms with van der Waals surface area (Å²) < 4.78 is 2.09. The third-order valence-corrected chi connectivity index (χ3v) is 3.56. The van der Waals surface area contributed by atoms with Crippen molar-refractivity contribution in [3.8, 4) is 0 Å². The van der Waals surface area contributed by atoms with Gasteiger partial charge in [-0.15, -0.1) is 0 Å². The molecular weight excluding hydrogens is 236 g/mol. The molecule has 1 saturated heterocycles. The molecule has 1 aromatic carbocycles. The molecule has 0 amide bonds. The third-order valence-electron chi connectivity index (χ3n) is 3.56. The van der Waals surface area contributed by atoms with E-state index in [0.29, 0.717) is 6.04 Å². The van der Waals surface area contributed by atoms with Crippen molar-refractivity contribution in [2.75, 3.05) is 18.4 Å². The van der Waals surface area contributed by atoms with E-state index in [2.05, 4.69) is 44.5 Å². The minimum Gasteiger partial charge on any atom is -0.382 e. The molecule has 19 heavy (non-hydrogen) atoms. The van der Waals surface area contributed by atoms with Crippen LogP contribution in [0.4, 0.5) is 5.69 Å². The van der Waals surface area contributed by atoms with Gasteiger partial charge in [0.2, 0.25) is 0 Å². The highest BCUT2D eigenvalue weighted by Crippen LogP contribution is 2.16. The highest BCUT2D eigenvalue weighted by atomic mass is 15.0. The van der Waals surface area contributed by atoms with Gasteiger partial charge in [0.15, 0.2) is 0 Å². The second kappa shape index (κ2) is 5.89. The van der Waals surface area contributed by atoms with Gasteiger partial charge in [-0.2, -0.15) is 0 Å². The van der Waals surface area contributed by atoms with Crippen LogP contribution in [0.25, 0.3) is 0 Å². The van der Waals surface area contributed by atoms with Gasteiger partial charge in [0.1, 0.15) is 0 Å². The van der Waals surface area contributed by atoms with Crippen LogP contribution in [0.15, 0.2) is 43.0 Å². The Hall–Kier alpha value is -1.81. The van der Waals surface area contributed by atoms with E-state index in [1.807, 2.05) is 18.7 Å². The summed E-state index contributed by atoms with van der Waals surface area (Å²) in [7, 11) is 0. The fraction of sp³-hybridized carbons (Fsp3) is 0.400. The van der Waals surface area contributed by atoms with Crippen molar-refractivity contribution < 1.29 is 0 Å². The van der Waals surface area contributed by atoms with Crippen LogP contribution in [0.2, 0.25) is 0 Å². The molecule has 0 atom stereocenters. The molecule has 1 fully saturated rings. The molecule has 1 aromatic heterocycles. The number of nitrogens with zero attached hydrogens (tertiary/aromatic N) is 2. The maximum atomic E-state index is 4.07. The number of anilines is 1. The molecule has 2 N–H and O–H groups in total. The Morgan fingerprint density at radius 2 is 2.21 bits per heavy atom. The van der Waals surface area contributed by atoms with Crippen molar-refractivity contribution in [2.45, 2.75) is 25.4 Å². The maximum absolute atomic E-state index is 4.07. The molecule has 0 spiro atoms. The average Bonchev–Trinajstić information content (AvgIpc) is 2.93. The van der Waals surface area contributed by atoms with Crippen LogP contribution in [0.5, 0.6) is 0 Å². The minimum absolute atomic E-state index is 0.602. The molecule has 1 aliphatic rings. The van der Waals surface area contributed by atoms with Gasteiger partial charge in [0.25, 0.3) is 0 Å². The Morgan fingerprint density at radius 3 is 3.00 bits per heavy atom. The summed E-state index contributed by atoms with van der Waals surface area (Å²) in [5.41, 5.74) is 2.53. The highest BCUT2D eigenvalue weighted by Gasteiger charge is 2.12. The first-order valence-electron chi connectivity index (χ1n) is 6.92. The van der Waals surface area contributed by atoms with Gasteiger partial charge >= 0.3 is 0 Å². The van der Waals surface area contributed by atoms with Gasteiger partial charge in [-0.25, -0.2) is 4.98 Å². The van der Waals surface area contributed by atoms with Crippen LogP contribution in [-0.4, -0.2) is 28.7 Å². The number of hydrogen-bond acceptors (Lipinski definition) is 3. The number of nitrogens with one attached hydrogen (secondary N) is 2. The first kappa shape index (κ1) is 12.2. The van der Waals surface area contributed by atoms with Gasteiger partial charge in [0.05, 0.1) is 6.33 Å². The zero-order chi connectivity index (χ0) is 12.9. The fourth-order valence-electron chi connectivity index (χ4n) is 2.55. The summed E-state index contributed by atoms with van der Waals surface area (Å²) in [5.74, 6) is 0. The monoisotopic (exact) mass is 256 g/mol. The van der Waals surface area contributed by atoms with Crippen LogP contribution in [-0.2, 0) is 6.54 Å². The minimum atomic E-state index is 0.602. The largest absolute Gasteiger partial charge is 0.382 e. The summed E-state index contributed by atoms with van der Waals surface area (Å²) >= 11 is 0. The van der Waals surface area contributed by atoms with Gasteiger partial charge in [-0.3, -0.25) is 0 Å². The summed E-state index contributed by atoms with van der Waals surface area (Å²) in [6.45, 7) is 3.11. The van der Waals surface area contributed by atoms with Crippen LogP contribution < -0.4 is 10.6 Å². The molecule has 0 radical (unpaired) electrons. The van der Waals surface area contributed by atoms with Gasteiger partial charge < -0.3 is 15.2 Å². The second-order valence-corrected chi connectivity index (χ2v) is 5.10. The molecule has 0 unspecified atom stereocenters. The van der Waals surface area contributed by atoms with Gasteiger partial charge in [-0.1, -0.05) is 12.1 Å². The first-order valence-corrected chi connectivity index (χ1v) is 6.92. The van der Waals surface area contributed by atoms with Crippen LogP contribution in [0, 0.1) is 0 Å². The number of hydrogen-bond donors (Lipinski definition) is 2. The van der Waals surface area contributed by atoms with Crippen molar-refractivity contribution in [3.05, 3.63) is 48.5 Å².